The summed E-state index contributed by atoms with van der Waals surface area (Å²) in [6.07, 6.45) is 6.23. The smallest absolute Gasteiger partial charge is 0.140 e. The van der Waals surface area contributed by atoms with E-state index in [0.29, 0.717) is 5.69 Å². The molecule has 4 heteroatoms. The van der Waals surface area contributed by atoms with Gasteiger partial charge in [0.15, 0.2) is 0 Å². The molecule has 0 aliphatic heterocycles. The van der Waals surface area contributed by atoms with Gasteiger partial charge in [-0.2, -0.15) is 0 Å². The SMILES string of the molecule is CCc1nccn1-c1cc(N)ccn1. The first-order valence-corrected chi connectivity index (χ1v) is 4.55. The summed E-state index contributed by atoms with van der Waals surface area (Å²) in [5, 5.41) is 0. The Morgan fingerprint density at radius 2 is 2.21 bits per heavy atom. The van der Waals surface area contributed by atoms with Crippen LogP contribution in [-0.4, -0.2) is 14.5 Å². The predicted octanol–water partition coefficient (Wildman–Crippen LogP) is 1.41. The van der Waals surface area contributed by atoms with Crippen molar-refractivity contribution in [3.8, 4) is 5.82 Å². The lowest BCUT2D eigenvalue weighted by Gasteiger charge is -2.05. The third-order valence-corrected chi connectivity index (χ3v) is 2.05. The summed E-state index contributed by atoms with van der Waals surface area (Å²) in [6.45, 7) is 2.06. The minimum atomic E-state index is 0.714. The number of hydrogen-bond donors (Lipinski definition) is 1. The highest BCUT2D eigenvalue weighted by Gasteiger charge is 2.03. The molecule has 2 N–H and O–H groups in total. The van der Waals surface area contributed by atoms with Crippen LogP contribution >= 0.6 is 0 Å². The Labute approximate surface area is 82.4 Å². The first-order valence-electron chi connectivity index (χ1n) is 4.55. The van der Waals surface area contributed by atoms with Crippen LogP contribution < -0.4 is 5.73 Å². The van der Waals surface area contributed by atoms with Crippen molar-refractivity contribution in [3.05, 3.63) is 36.5 Å². The topological polar surface area (TPSA) is 56.7 Å². The average Bonchev–Trinajstić information content (AvgIpc) is 2.65. The molecule has 0 saturated carbocycles. The Morgan fingerprint density at radius 1 is 1.36 bits per heavy atom. The highest BCUT2D eigenvalue weighted by molar-refractivity contribution is 5.43. The van der Waals surface area contributed by atoms with Crippen LogP contribution in [-0.2, 0) is 6.42 Å². The fraction of sp³-hybridized carbons (Fsp3) is 0.200. The van der Waals surface area contributed by atoms with Gasteiger partial charge < -0.3 is 5.73 Å². The maximum absolute atomic E-state index is 5.68. The van der Waals surface area contributed by atoms with E-state index < -0.39 is 0 Å². The van der Waals surface area contributed by atoms with Gasteiger partial charge in [0, 0.05) is 36.8 Å². The molecule has 0 fully saturated rings. The summed E-state index contributed by atoms with van der Waals surface area (Å²) in [7, 11) is 0. The molecule has 0 aliphatic rings. The molecule has 0 unspecified atom stereocenters. The molecule has 2 heterocycles. The van der Waals surface area contributed by atoms with Crippen LogP contribution in [0.2, 0.25) is 0 Å². The Morgan fingerprint density at radius 3 is 2.93 bits per heavy atom. The summed E-state index contributed by atoms with van der Waals surface area (Å²) >= 11 is 0. The molecule has 0 saturated heterocycles. The van der Waals surface area contributed by atoms with Gasteiger partial charge in [0.05, 0.1) is 0 Å². The van der Waals surface area contributed by atoms with Crippen molar-refractivity contribution in [2.45, 2.75) is 13.3 Å². The summed E-state index contributed by atoms with van der Waals surface area (Å²) in [4.78, 5) is 8.46. The third kappa shape index (κ3) is 1.46. The maximum Gasteiger partial charge on any atom is 0.140 e. The highest BCUT2D eigenvalue weighted by Crippen LogP contribution is 2.11. The number of aryl methyl sites for hydroxylation is 1. The van der Waals surface area contributed by atoms with Crippen LogP contribution in [0.1, 0.15) is 12.7 Å². The van der Waals surface area contributed by atoms with Gasteiger partial charge >= 0.3 is 0 Å². The Hall–Kier alpha value is -1.84. The molecule has 0 radical (unpaired) electrons. The summed E-state index contributed by atoms with van der Waals surface area (Å²) in [5.41, 5.74) is 6.40. The molecule has 14 heavy (non-hydrogen) atoms. The number of nitrogens with two attached hydrogens (primary N) is 1. The zero-order chi connectivity index (χ0) is 9.97. The van der Waals surface area contributed by atoms with Crippen LogP contribution in [0, 0.1) is 0 Å². The summed E-state index contributed by atoms with van der Waals surface area (Å²) in [6, 6.07) is 3.60. The fourth-order valence-corrected chi connectivity index (χ4v) is 1.37. The van der Waals surface area contributed by atoms with E-state index in [4.69, 9.17) is 5.73 Å². The molecule has 0 aromatic carbocycles. The zero-order valence-electron chi connectivity index (χ0n) is 8.01. The normalized spacial score (nSPS) is 10.4. The Bertz CT molecular complexity index is 433. The number of anilines is 1. The van der Waals surface area contributed by atoms with Gasteiger partial charge in [0.1, 0.15) is 11.6 Å². The van der Waals surface area contributed by atoms with Gasteiger partial charge in [-0.25, -0.2) is 9.97 Å². The maximum atomic E-state index is 5.68. The minimum Gasteiger partial charge on any atom is -0.399 e. The van der Waals surface area contributed by atoms with E-state index in [1.807, 2.05) is 16.8 Å². The van der Waals surface area contributed by atoms with Crippen LogP contribution in [0.5, 0.6) is 0 Å². The number of pyridine rings is 1. The highest BCUT2D eigenvalue weighted by atomic mass is 15.1. The average molecular weight is 188 g/mol. The number of imidazole rings is 1. The molecule has 0 spiro atoms. The lowest BCUT2D eigenvalue weighted by Crippen LogP contribution is -2.01. The van der Waals surface area contributed by atoms with Gasteiger partial charge in [-0.3, -0.25) is 4.57 Å². The van der Waals surface area contributed by atoms with Crippen molar-refractivity contribution < 1.29 is 0 Å². The van der Waals surface area contributed by atoms with Crippen LogP contribution in [0.25, 0.3) is 5.82 Å². The second-order valence-corrected chi connectivity index (χ2v) is 3.01. The largest absolute Gasteiger partial charge is 0.399 e. The third-order valence-electron chi connectivity index (χ3n) is 2.05. The Balaban J connectivity index is 2.49. The van der Waals surface area contributed by atoms with E-state index in [2.05, 4.69) is 16.9 Å². The fourth-order valence-electron chi connectivity index (χ4n) is 1.37. The second kappa shape index (κ2) is 3.49. The number of rotatable bonds is 2. The van der Waals surface area contributed by atoms with Crippen molar-refractivity contribution in [1.29, 1.82) is 0 Å². The van der Waals surface area contributed by atoms with Gasteiger partial charge in [0.25, 0.3) is 0 Å². The molecule has 0 amide bonds. The van der Waals surface area contributed by atoms with E-state index in [1.165, 1.54) is 0 Å². The molecular formula is C10H12N4. The summed E-state index contributed by atoms with van der Waals surface area (Å²) < 4.78 is 1.94. The molecule has 4 nitrogen and oxygen atoms in total. The zero-order valence-corrected chi connectivity index (χ0v) is 8.01. The van der Waals surface area contributed by atoms with E-state index >= 15 is 0 Å². The Kier molecular flexibility index (Phi) is 2.18. The predicted molar refractivity (Wildman–Crippen MR) is 55.1 cm³/mol. The standard InChI is InChI=1S/C10H12N4/c1-2-9-13-5-6-14(9)10-7-8(11)3-4-12-10/h3-7H,2H2,1H3,(H2,11,12). The van der Waals surface area contributed by atoms with Gasteiger partial charge in [0.2, 0.25) is 0 Å². The van der Waals surface area contributed by atoms with Gasteiger partial charge in [-0.15, -0.1) is 0 Å². The molecule has 0 atom stereocenters. The van der Waals surface area contributed by atoms with Crippen molar-refractivity contribution in [3.63, 3.8) is 0 Å². The van der Waals surface area contributed by atoms with Gasteiger partial charge in [-0.1, -0.05) is 6.92 Å². The summed E-state index contributed by atoms with van der Waals surface area (Å²) in [5.74, 6) is 1.81. The van der Waals surface area contributed by atoms with Crippen LogP contribution in [0.3, 0.4) is 0 Å². The number of nitrogens with zero attached hydrogens (tertiary/aromatic N) is 3. The quantitative estimate of drug-likeness (QED) is 0.775. The first-order chi connectivity index (χ1) is 6.81. The van der Waals surface area contributed by atoms with Gasteiger partial charge in [-0.05, 0) is 6.07 Å². The monoisotopic (exact) mass is 188 g/mol. The van der Waals surface area contributed by atoms with Crippen molar-refractivity contribution >= 4 is 5.69 Å². The lowest BCUT2D eigenvalue weighted by atomic mass is 10.4. The number of hydrogen-bond acceptors (Lipinski definition) is 3. The molecule has 2 aromatic rings. The number of nitrogen functional groups attached to an aromatic ring is 1. The molecule has 0 aliphatic carbocycles. The van der Waals surface area contributed by atoms with Crippen molar-refractivity contribution in [2.24, 2.45) is 0 Å². The molecule has 2 aromatic heterocycles. The van der Waals surface area contributed by atoms with E-state index in [-0.39, 0.29) is 0 Å². The van der Waals surface area contributed by atoms with Crippen molar-refractivity contribution in [2.75, 3.05) is 5.73 Å². The van der Waals surface area contributed by atoms with Crippen LogP contribution in [0.4, 0.5) is 5.69 Å². The molecular weight excluding hydrogens is 176 g/mol. The second-order valence-electron chi connectivity index (χ2n) is 3.01. The first kappa shape index (κ1) is 8.74. The van der Waals surface area contributed by atoms with E-state index in [9.17, 15) is 0 Å². The molecule has 0 bridgehead atoms. The van der Waals surface area contributed by atoms with Crippen molar-refractivity contribution in [1.82, 2.24) is 14.5 Å². The molecule has 2 rings (SSSR count). The molecule has 72 valence electrons. The van der Waals surface area contributed by atoms with E-state index in [1.54, 1.807) is 18.5 Å². The number of aromatic nitrogens is 3. The van der Waals surface area contributed by atoms with Crippen LogP contribution in [0.15, 0.2) is 30.7 Å². The minimum absolute atomic E-state index is 0.714. The lowest BCUT2D eigenvalue weighted by molar-refractivity contribution is 0.868. The van der Waals surface area contributed by atoms with E-state index in [0.717, 1.165) is 18.1 Å².